The number of amides is 1. The number of rotatable bonds is 22. The molecule has 0 spiro atoms. The lowest BCUT2D eigenvalue weighted by Crippen LogP contribution is -2.27. The van der Waals surface area contributed by atoms with E-state index in [2.05, 4.69) is 12.2 Å². The standard InChI is InChI=1S/C19H39NO7/c1-3-4-5-6-19(21)20-7-8-23-11-12-25-15-16-27-18-17-26-14-13-24-10-9-22-2/h3-18H2,1-2H3,(H,20,21). The van der Waals surface area contributed by atoms with Crippen molar-refractivity contribution >= 4 is 5.91 Å². The van der Waals surface area contributed by atoms with Crippen LogP contribution in [0, 0.1) is 0 Å². The molecular weight excluding hydrogens is 354 g/mol. The molecule has 0 saturated carbocycles. The van der Waals surface area contributed by atoms with E-state index in [1.165, 1.54) is 0 Å². The summed E-state index contributed by atoms with van der Waals surface area (Å²) in [5, 5.41) is 2.84. The number of methoxy groups -OCH3 is 1. The summed E-state index contributed by atoms with van der Waals surface area (Å²) in [6.07, 6.45) is 3.78. The van der Waals surface area contributed by atoms with E-state index in [0.29, 0.717) is 85.6 Å². The Balaban J connectivity index is 3.06. The lowest BCUT2D eigenvalue weighted by atomic mass is 10.2. The number of hydrogen-bond acceptors (Lipinski definition) is 7. The first-order valence-corrected chi connectivity index (χ1v) is 9.95. The summed E-state index contributed by atoms with van der Waals surface area (Å²) < 4.78 is 31.7. The maximum Gasteiger partial charge on any atom is 0.220 e. The Hall–Kier alpha value is -0.770. The SMILES string of the molecule is CCCCCC(=O)NCCOCCOCCOCCOCCOCCOC. The number of hydrogen-bond donors (Lipinski definition) is 1. The second-order valence-corrected chi connectivity index (χ2v) is 5.86. The van der Waals surface area contributed by atoms with E-state index in [1.54, 1.807) is 7.11 Å². The van der Waals surface area contributed by atoms with Gasteiger partial charge in [-0.25, -0.2) is 0 Å². The molecule has 0 aliphatic heterocycles. The molecule has 27 heavy (non-hydrogen) atoms. The normalized spacial score (nSPS) is 11.0. The third kappa shape index (κ3) is 23.2. The molecule has 0 aliphatic carbocycles. The highest BCUT2D eigenvalue weighted by Gasteiger charge is 1.99. The molecular formula is C19H39NO7. The Morgan fingerprint density at radius 3 is 1.56 bits per heavy atom. The maximum absolute atomic E-state index is 11.5. The molecule has 0 aromatic heterocycles. The van der Waals surface area contributed by atoms with Crippen molar-refractivity contribution in [2.24, 2.45) is 0 Å². The summed E-state index contributed by atoms with van der Waals surface area (Å²) in [4.78, 5) is 11.5. The smallest absolute Gasteiger partial charge is 0.220 e. The predicted octanol–water partition coefficient (Wildman–Crippen LogP) is 1.41. The Morgan fingerprint density at radius 2 is 1.11 bits per heavy atom. The van der Waals surface area contributed by atoms with E-state index in [0.717, 1.165) is 19.3 Å². The molecule has 0 saturated heterocycles. The first-order valence-electron chi connectivity index (χ1n) is 9.95. The molecule has 0 atom stereocenters. The third-order valence-electron chi connectivity index (χ3n) is 3.50. The van der Waals surface area contributed by atoms with E-state index in [1.807, 2.05) is 0 Å². The molecule has 0 aromatic carbocycles. The summed E-state index contributed by atoms with van der Waals surface area (Å²) >= 11 is 0. The molecule has 0 heterocycles. The third-order valence-corrected chi connectivity index (χ3v) is 3.50. The van der Waals surface area contributed by atoms with Gasteiger partial charge in [-0.1, -0.05) is 19.8 Å². The van der Waals surface area contributed by atoms with Gasteiger partial charge in [0.1, 0.15) is 0 Å². The highest BCUT2D eigenvalue weighted by molar-refractivity contribution is 5.75. The van der Waals surface area contributed by atoms with Gasteiger partial charge in [0.05, 0.1) is 72.7 Å². The predicted molar refractivity (Wildman–Crippen MR) is 103 cm³/mol. The van der Waals surface area contributed by atoms with Crippen LogP contribution in [-0.2, 0) is 33.2 Å². The molecule has 1 amide bonds. The van der Waals surface area contributed by atoms with Crippen molar-refractivity contribution < 1.29 is 33.2 Å². The van der Waals surface area contributed by atoms with E-state index < -0.39 is 0 Å². The molecule has 0 aromatic rings. The summed E-state index contributed by atoms with van der Waals surface area (Å²) in [6.45, 7) is 8.65. The molecule has 0 unspecified atom stereocenters. The van der Waals surface area contributed by atoms with Crippen molar-refractivity contribution in [1.82, 2.24) is 5.32 Å². The van der Waals surface area contributed by atoms with Gasteiger partial charge in [-0.2, -0.15) is 0 Å². The fraction of sp³-hybridized carbons (Fsp3) is 0.947. The average molecular weight is 394 g/mol. The van der Waals surface area contributed by atoms with Crippen LogP contribution in [0.2, 0.25) is 0 Å². The van der Waals surface area contributed by atoms with Crippen molar-refractivity contribution in [3.05, 3.63) is 0 Å². The topological polar surface area (TPSA) is 84.5 Å². The maximum atomic E-state index is 11.5. The number of carbonyl (C=O) groups excluding carboxylic acids is 1. The van der Waals surface area contributed by atoms with Crippen LogP contribution in [0.3, 0.4) is 0 Å². The minimum Gasteiger partial charge on any atom is -0.382 e. The number of unbranched alkanes of at least 4 members (excludes halogenated alkanes) is 2. The lowest BCUT2D eigenvalue weighted by molar-refractivity contribution is -0.121. The van der Waals surface area contributed by atoms with Gasteiger partial charge in [0.25, 0.3) is 0 Å². The zero-order chi connectivity index (χ0) is 19.8. The van der Waals surface area contributed by atoms with Crippen LogP contribution in [0.4, 0.5) is 0 Å². The molecule has 0 aliphatic rings. The zero-order valence-electron chi connectivity index (χ0n) is 17.2. The van der Waals surface area contributed by atoms with Crippen molar-refractivity contribution in [3.63, 3.8) is 0 Å². The van der Waals surface area contributed by atoms with Crippen LogP contribution in [0.1, 0.15) is 32.6 Å². The molecule has 8 nitrogen and oxygen atoms in total. The highest BCUT2D eigenvalue weighted by Crippen LogP contribution is 1.97. The van der Waals surface area contributed by atoms with Gasteiger partial charge in [0.15, 0.2) is 0 Å². The van der Waals surface area contributed by atoms with Crippen LogP contribution in [0.15, 0.2) is 0 Å². The van der Waals surface area contributed by atoms with Crippen molar-refractivity contribution in [3.8, 4) is 0 Å². The van der Waals surface area contributed by atoms with Crippen LogP contribution in [-0.4, -0.2) is 92.2 Å². The van der Waals surface area contributed by atoms with E-state index >= 15 is 0 Å². The fourth-order valence-corrected chi connectivity index (χ4v) is 2.01. The summed E-state index contributed by atoms with van der Waals surface area (Å²) in [5.74, 6) is 0.100. The van der Waals surface area contributed by atoms with E-state index in [9.17, 15) is 4.79 Å². The molecule has 0 bridgehead atoms. The average Bonchev–Trinajstić information content (AvgIpc) is 2.67. The molecule has 0 fully saturated rings. The number of carbonyl (C=O) groups is 1. The Labute approximate surface area is 164 Å². The van der Waals surface area contributed by atoms with Gasteiger partial charge >= 0.3 is 0 Å². The van der Waals surface area contributed by atoms with Crippen LogP contribution >= 0.6 is 0 Å². The Morgan fingerprint density at radius 1 is 0.667 bits per heavy atom. The number of nitrogens with one attached hydrogen (secondary N) is 1. The second kappa shape index (κ2) is 23.3. The molecule has 0 rings (SSSR count). The van der Waals surface area contributed by atoms with Gasteiger partial charge in [-0.3, -0.25) is 4.79 Å². The number of ether oxygens (including phenoxy) is 6. The first kappa shape index (κ1) is 26.2. The van der Waals surface area contributed by atoms with Gasteiger partial charge in [-0.15, -0.1) is 0 Å². The minimum absolute atomic E-state index is 0.100. The van der Waals surface area contributed by atoms with Gasteiger partial charge in [0.2, 0.25) is 5.91 Å². The molecule has 8 heteroatoms. The van der Waals surface area contributed by atoms with Crippen LogP contribution < -0.4 is 5.32 Å². The first-order chi connectivity index (χ1) is 13.3. The van der Waals surface area contributed by atoms with Crippen LogP contribution in [0.5, 0.6) is 0 Å². The largest absolute Gasteiger partial charge is 0.382 e. The van der Waals surface area contributed by atoms with Crippen molar-refractivity contribution in [1.29, 1.82) is 0 Å². The summed E-state index contributed by atoms with van der Waals surface area (Å²) in [5.41, 5.74) is 0. The van der Waals surface area contributed by atoms with Crippen molar-refractivity contribution in [2.45, 2.75) is 32.6 Å². The zero-order valence-corrected chi connectivity index (χ0v) is 17.2. The molecule has 0 radical (unpaired) electrons. The molecule has 1 N–H and O–H groups in total. The fourth-order valence-electron chi connectivity index (χ4n) is 2.01. The molecule has 162 valence electrons. The minimum atomic E-state index is 0.100. The van der Waals surface area contributed by atoms with Gasteiger partial charge in [-0.05, 0) is 6.42 Å². The quantitative estimate of drug-likeness (QED) is 0.278. The van der Waals surface area contributed by atoms with Gasteiger partial charge in [0, 0.05) is 20.1 Å². The Bertz CT molecular complexity index is 306. The highest BCUT2D eigenvalue weighted by atomic mass is 16.6. The summed E-state index contributed by atoms with van der Waals surface area (Å²) in [7, 11) is 1.64. The van der Waals surface area contributed by atoms with E-state index in [4.69, 9.17) is 28.4 Å². The van der Waals surface area contributed by atoms with Crippen molar-refractivity contribution in [2.75, 3.05) is 86.3 Å². The van der Waals surface area contributed by atoms with Gasteiger partial charge < -0.3 is 33.7 Å². The van der Waals surface area contributed by atoms with E-state index in [-0.39, 0.29) is 5.91 Å². The summed E-state index contributed by atoms with van der Waals surface area (Å²) in [6, 6.07) is 0. The Kier molecular flexibility index (Phi) is 22.6. The lowest BCUT2D eigenvalue weighted by Gasteiger charge is -2.08. The van der Waals surface area contributed by atoms with Crippen LogP contribution in [0.25, 0.3) is 0 Å². The second-order valence-electron chi connectivity index (χ2n) is 5.86. The monoisotopic (exact) mass is 393 g/mol.